The molecule has 1 amide bonds. The Morgan fingerprint density at radius 2 is 1.82 bits per heavy atom. The molecule has 12 heteroatoms. The van der Waals surface area contributed by atoms with Crippen LogP contribution in [0.2, 0.25) is 0 Å². The van der Waals surface area contributed by atoms with Crippen LogP contribution in [0.3, 0.4) is 0 Å². The van der Waals surface area contributed by atoms with Gasteiger partial charge in [-0.3, -0.25) is 25.0 Å². The summed E-state index contributed by atoms with van der Waals surface area (Å²) < 4.78 is 9.68. The van der Waals surface area contributed by atoms with E-state index in [2.05, 4.69) is 5.32 Å². The minimum absolute atomic E-state index is 0.110. The van der Waals surface area contributed by atoms with Gasteiger partial charge in [-0.1, -0.05) is 0 Å². The molecule has 2 rings (SSSR count). The maximum absolute atomic E-state index is 12.0. The number of nitrogens with two attached hydrogens (primary N) is 1. The van der Waals surface area contributed by atoms with Crippen molar-refractivity contribution in [3.63, 3.8) is 0 Å². The van der Waals surface area contributed by atoms with E-state index in [0.717, 1.165) is 24.3 Å². The summed E-state index contributed by atoms with van der Waals surface area (Å²) in [7, 11) is 1.33. The van der Waals surface area contributed by atoms with Crippen LogP contribution in [-0.2, 0) is 9.53 Å². The van der Waals surface area contributed by atoms with E-state index in [4.69, 9.17) is 15.2 Å². The Balaban J connectivity index is 2.04. The lowest BCUT2D eigenvalue weighted by molar-refractivity contribution is -0.384. The van der Waals surface area contributed by atoms with E-state index >= 15 is 0 Å². The van der Waals surface area contributed by atoms with Gasteiger partial charge in [-0.25, -0.2) is 4.79 Å². The smallest absolute Gasteiger partial charge is 0.340 e. The topological polar surface area (TPSA) is 177 Å². The van der Waals surface area contributed by atoms with Crippen LogP contribution in [0.5, 0.6) is 5.75 Å². The van der Waals surface area contributed by atoms with Crippen LogP contribution in [0.1, 0.15) is 10.4 Å². The van der Waals surface area contributed by atoms with Crippen molar-refractivity contribution in [2.24, 2.45) is 0 Å². The number of benzene rings is 2. The maximum atomic E-state index is 12.0. The van der Waals surface area contributed by atoms with Gasteiger partial charge in [0.1, 0.15) is 11.4 Å². The summed E-state index contributed by atoms with van der Waals surface area (Å²) >= 11 is 0. The predicted octanol–water partition coefficient (Wildman–Crippen LogP) is 1.89. The number of hydrogen-bond acceptors (Lipinski definition) is 9. The summed E-state index contributed by atoms with van der Waals surface area (Å²) in [4.78, 5) is 44.3. The maximum Gasteiger partial charge on any atom is 0.340 e. The van der Waals surface area contributed by atoms with Gasteiger partial charge in [-0.05, 0) is 18.2 Å². The van der Waals surface area contributed by atoms with Crippen molar-refractivity contribution in [3.05, 3.63) is 62.2 Å². The Bertz CT molecular complexity index is 960. The Morgan fingerprint density at radius 1 is 1.11 bits per heavy atom. The minimum Gasteiger partial charge on any atom is -0.496 e. The van der Waals surface area contributed by atoms with E-state index in [9.17, 15) is 29.8 Å². The molecule has 0 bridgehead atoms. The average Bonchev–Trinajstić information content (AvgIpc) is 2.66. The largest absolute Gasteiger partial charge is 0.496 e. The van der Waals surface area contributed by atoms with Gasteiger partial charge in [0, 0.05) is 12.1 Å². The Hall–Kier alpha value is -4.22. The molecule has 0 fully saturated rings. The molecule has 12 nitrogen and oxygen atoms in total. The van der Waals surface area contributed by atoms with E-state index < -0.39 is 34.0 Å². The van der Waals surface area contributed by atoms with Crippen LogP contribution >= 0.6 is 0 Å². The molecule has 0 aliphatic rings. The number of amides is 1. The molecule has 0 radical (unpaired) electrons. The first kappa shape index (κ1) is 20.1. The molecule has 3 N–H and O–H groups in total. The summed E-state index contributed by atoms with van der Waals surface area (Å²) in [5.41, 5.74) is 4.41. The number of methoxy groups -OCH3 is 1. The average molecular weight is 390 g/mol. The van der Waals surface area contributed by atoms with Gasteiger partial charge in [0.05, 0.1) is 34.3 Å². The highest BCUT2D eigenvalue weighted by molar-refractivity contribution is 5.99. The lowest BCUT2D eigenvalue weighted by Gasteiger charge is -2.09. The summed E-state index contributed by atoms with van der Waals surface area (Å²) in [5.74, 6) is -1.58. The van der Waals surface area contributed by atoms with Crippen molar-refractivity contribution in [1.82, 2.24) is 0 Å². The van der Waals surface area contributed by atoms with Gasteiger partial charge in [-0.2, -0.15) is 0 Å². The second-order valence-electron chi connectivity index (χ2n) is 5.29. The van der Waals surface area contributed by atoms with Crippen LogP contribution in [-0.4, -0.2) is 35.4 Å². The molecular weight excluding hydrogens is 376 g/mol. The van der Waals surface area contributed by atoms with Crippen LogP contribution in [0.15, 0.2) is 36.4 Å². The molecule has 0 aromatic heterocycles. The van der Waals surface area contributed by atoms with Crippen LogP contribution in [0, 0.1) is 20.2 Å². The Labute approximate surface area is 157 Å². The highest BCUT2D eigenvalue weighted by Gasteiger charge is 2.19. The predicted molar refractivity (Wildman–Crippen MR) is 96.1 cm³/mol. The molecule has 0 aliphatic carbocycles. The number of carbonyl (C=O) groups excluding carboxylic acids is 2. The van der Waals surface area contributed by atoms with Crippen LogP contribution in [0.25, 0.3) is 0 Å². The quantitative estimate of drug-likeness (QED) is 0.309. The monoisotopic (exact) mass is 390 g/mol. The number of hydrogen-bond donors (Lipinski definition) is 2. The number of nitrogen functional groups attached to an aromatic ring is 1. The van der Waals surface area contributed by atoms with Gasteiger partial charge in [-0.15, -0.1) is 0 Å². The van der Waals surface area contributed by atoms with Crippen molar-refractivity contribution in [3.8, 4) is 5.75 Å². The fourth-order valence-electron chi connectivity index (χ4n) is 2.14. The van der Waals surface area contributed by atoms with Crippen molar-refractivity contribution < 1.29 is 28.9 Å². The summed E-state index contributed by atoms with van der Waals surface area (Å²) in [6.07, 6.45) is 0. The van der Waals surface area contributed by atoms with Gasteiger partial charge in [0.25, 0.3) is 17.3 Å². The highest BCUT2D eigenvalue weighted by Crippen LogP contribution is 2.29. The second kappa shape index (κ2) is 8.44. The first-order valence-electron chi connectivity index (χ1n) is 7.56. The fraction of sp³-hybridized carbons (Fsp3) is 0.125. The number of ether oxygens (including phenoxy) is 2. The summed E-state index contributed by atoms with van der Waals surface area (Å²) in [6, 6.07) is 6.95. The normalized spacial score (nSPS) is 10.0. The lowest BCUT2D eigenvalue weighted by atomic mass is 10.1. The second-order valence-corrected chi connectivity index (χ2v) is 5.29. The van der Waals surface area contributed by atoms with Crippen molar-refractivity contribution in [2.75, 3.05) is 24.8 Å². The zero-order valence-corrected chi connectivity index (χ0v) is 14.4. The number of esters is 1. The number of carbonyl (C=O) groups is 2. The molecule has 28 heavy (non-hydrogen) atoms. The molecule has 0 aliphatic heterocycles. The number of rotatable bonds is 7. The Morgan fingerprint density at radius 3 is 2.39 bits per heavy atom. The number of anilines is 2. The van der Waals surface area contributed by atoms with Crippen molar-refractivity contribution >= 4 is 34.6 Å². The van der Waals surface area contributed by atoms with Gasteiger partial charge in [0.2, 0.25) is 0 Å². The lowest BCUT2D eigenvalue weighted by Crippen LogP contribution is -2.21. The number of nitrogens with one attached hydrogen (secondary N) is 1. The number of nitrogens with zero attached hydrogens (tertiary/aromatic N) is 2. The highest BCUT2D eigenvalue weighted by atomic mass is 16.6. The third kappa shape index (κ3) is 4.69. The first-order valence-corrected chi connectivity index (χ1v) is 7.56. The van der Waals surface area contributed by atoms with Gasteiger partial charge >= 0.3 is 5.97 Å². The molecule has 2 aromatic rings. The molecule has 0 heterocycles. The molecule has 0 spiro atoms. The SMILES string of the molecule is COc1ccc(NC(=O)COC(=O)c2ccc([N+](=O)[O-])cc2N)c([N+](=O)[O-])c1. The molecule has 0 saturated carbocycles. The number of nitro groups is 2. The Kier molecular flexibility index (Phi) is 6.06. The van der Waals surface area contributed by atoms with Gasteiger partial charge in [0.15, 0.2) is 6.61 Å². The molecule has 0 atom stereocenters. The third-order valence-electron chi connectivity index (χ3n) is 3.48. The van der Waals surface area contributed by atoms with Crippen molar-refractivity contribution in [1.29, 1.82) is 0 Å². The molecule has 0 saturated heterocycles. The zero-order chi connectivity index (χ0) is 20.8. The first-order chi connectivity index (χ1) is 13.2. The standard InChI is InChI=1S/C16H14N4O8/c1-27-10-3-5-13(14(7-10)20(25)26)18-15(21)8-28-16(22)11-4-2-9(19(23)24)6-12(11)17/h2-7H,8,17H2,1H3,(H,18,21). The minimum atomic E-state index is -0.980. The van der Waals surface area contributed by atoms with E-state index in [-0.39, 0.29) is 28.4 Å². The van der Waals surface area contributed by atoms with Crippen molar-refractivity contribution in [2.45, 2.75) is 0 Å². The molecule has 0 unspecified atom stereocenters. The molecule has 2 aromatic carbocycles. The van der Waals surface area contributed by atoms with E-state index in [0.29, 0.717) is 0 Å². The third-order valence-corrected chi connectivity index (χ3v) is 3.48. The number of non-ortho nitro benzene ring substituents is 1. The molecule has 146 valence electrons. The zero-order valence-electron chi connectivity index (χ0n) is 14.4. The van der Waals surface area contributed by atoms with Crippen LogP contribution < -0.4 is 15.8 Å². The fourth-order valence-corrected chi connectivity index (χ4v) is 2.14. The van der Waals surface area contributed by atoms with Gasteiger partial charge < -0.3 is 20.5 Å². The van der Waals surface area contributed by atoms with E-state index in [1.165, 1.54) is 19.2 Å². The van der Waals surface area contributed by atoms with Crippen LogP contribution in [0.4, 0.5) is 22.7 Å². The summed E-state index contributed by atoms with van der Waals surface area (Å²) in [6.45, 7) is -0.752. The van der Waals surface area contributed by atoms with E-state index in [1.807, 2.05) is 0 Å². The summed E-state index contributed by atoms with van der Waals surface area (Å²) in [5, 5.41) is 24.0. The molecular formula is C16H14N4O8. The van der Waals surface area contributed by atoms with E-state index in [1.54, 1.807) is 0 Å². The number of nitro benzene ring substituents is 2.